The van der Waals surface area contributed by atoms with E-state index in [4.69, 9.17) is 0 Å². The van der Waals surface area contributed by atoms with Crippen LogP contribution in [0.1, 0.15) is 37.8 Å². The molecule has 1 atom stereocenters. The number of nitrogens with one attached hydrogen (secondary N) is 1. The standard InChI is InChI=1S/C15H25N/c1-4-11-16-12-13(2)9-10-15-8-6-5-7-14(15)3/h5-8,13,16H,4,9-12H2,1-3H3. The summed E-state index contributed by atoms with van der Waals surface area (Å²) in [5, 5.41) is 3.49. The van der Waals surface area contributed by atoms with Crippen LogP contribution >= 0.6 is 0 Å². The molecule has 0 aromatic heterocycles. The highest BCUT2D eigenvalue weighted by Crippen LogP contribution is 2.12. The Bertz CT molecular complexity index is 293. The van der Waals surface area contributed by atoms with Crippen LogP contribution < -0.4 is 5.32 Å². The third-order valence-electron chi connectivity index (χ3n) is 3.09. The van der Waals surface area contributed by atoms with E-state index in [-0.39, 0.29) is 0 Å². The molecule has 1 N–H and O–H groups in total. The van der Waals surface area contributed by atoms with Gasteiger partial charge in [-0.15, -0.1) is 0 Å². The smallest absolute Gasteiger partial charge is 0.00230 e. The second-order valence-corrected chi connectivity index (χ2v) is 4.77. The molecule has 1 rings (SSSR count). The summed E-state index contributed by atoms with van der Waals surface area (Å²) in [5.41, 5.74) is 2.93. The summed E-state index contributed by atoms with van der Waals surface area (Å²) < 4.78 is 0. The Balaban J connectivity index is 2.26. The molecule has 0 saturated carbocycles. The molecule has 90 valence electrons. The average Bonchev–Trinajstić information content (AvgIpc) is 2.28. The quantitative estimate of drug-likeness (QED) is 0.691. The van der Waals surface area contributed by atoms with E-state index in [1.807, 2.05) is 0 Å². The predicted molar refractivity (Wildman–Crippen MR) is 71.8 cm³/mol. The van der Waals surface area contributed by atoms with Gasteiger partial charge in [0.25, 0.3) is 0 Å². The summed E-state index contributed by atoms with van der Waals surface area (Å²) >= 11 is 0. The van der Waals surface area contributed by atoms with Crippen LogP contribution in [-0.2, 0) is 6.42 Å². The van der Waals surface area contributed by atoms with Crippen molar-refractivity contribution in [2.75, 3.05) is 13.1 Å². The van der Waals surface area contributed by atoms with Gasteiger partial charge in [0, 0.05) is 0 Å². The van der Waals surface area contributed by atoms with Crippen LogP contribution in [-0.4, -0.2) is 13.1 Å². The molecule has 0 aliphatic heterocycles. The highest BCUT2D eigenvalue weighted by molar-refractivity contribution is 5.25. The van der Waals surface area contributed by atoms with Crippen LogP contribution in [0.3, 0.4) is 0 Å². The molecular formula is C15H25N. The summed E-state index contributed by atoms with van der Waals surface area (Å²) in [5.74, 6) is 0.770. The van der Waals surface area contributed by atoms with Gasteiger partial charge >= 0.3 is 0 Å². The van der Waals surface area contributed by atoms with E-state index in [1.54, 1.807) is 0 Å². The minimum absolute atomic E-state index is 0.770. The molecule has 0 radical (unpaired) electrons. The van der Waals surface area contributed by atoms with E-state index >= 15 is 0 Å². The normalized spacial score (nSPS) is 12.7. The first kappa shape index (κ1) is 13.2. The van der Waals surface area contributed by atoms with Crippen LogP contribution in [0.5, 0.6) is 0 Å². The van der Waals surface area contributed by atoms with E-state index in [0.29, 0.717) is 0 Å². The van der Waals surface area contributed by atoms with Gasteiger partial charge in [-0.2, -0.15) is 0 Å². The van der Waals surface area contributed by atoms with E-state index in [9.17, 15) is 0 Å². The fraction of sp³-hybridized carbons (Fsp3) is 0.600. The first-order chi connectivity index (χ1) is 7.74. The van der Waals surface area contributed by atoms with Gasteiger partial charge < -0.3 is 5.32 Å². The van der Waals surface area contributed by atoms with Crippen molar-refractivity contribution in [1.29, 1.82) is 0 Å². The maximum absolute atomic E-state index is 3.49. The van der Waals surface area contributed by atoms with E-state index in [0.717, 1.165) is 19.0 Å². The molecule has 1 aromatic carbocycles. The lowest BCUT2D eigenvalue weighted by atomic mass is 9.98. The summed E-state index contributed by atoms with van der Waals surface area (Å²) in [6, 6.07) is 8.71. The monoisotopic (exact) mass is 219 g/mol. The van der Waals surface area contributed by atoms with Gasteiger partial charge in [-0.3, -0.25) is 0 Å². The topological polar surface area (TPSA) is 12.0 Å². The van der Waals surface area contributed by atoms with Crippen LogP contribution in [0.25, 0.3) is 0 Å². The largest absolute Gasteiger partial charge is 0.316 e. The molecule has 0 fully saturated rings. The second-order valence-electron chi connectivity index (χ2n) is 4.77. The minimum atomic E-state index is 0.770. The SMILES string of the molecule is CCCNCC(C)CCc1ccccc1C. The highest BCUT2D eigenvalue weighted by atomic mass is 14.8. The molecule has 0 heterocycles. The van der Waals surface area contributed by atoms with Crippen molar-refractivity contribution >= 4 is 0 Å². The fourth-order valence-electron chi connectivity index (χ4n) is 1.92. The first-order valence-corrected chi connectivity index (χ1v) is 6.49. The molecule has 16 heavy (non-hydrogen) atoms. The van der Waals surface area contributed by atoms with Gasteiger partial charge in [0.1, 0.15) is 0 Å². The predicted octanol–water partition coefficient (Wildman–Crippen LogP) is 3.56. The lowest BCUT2D eigenvalue weighted by Gasteiger charge is -2.13. The van der Waals surface area contributed by atoms with Gasteiger partial charge in [0.05, 0.1) is 0 Å². The van der Waals surface area contributed by atoms with Crippen molar-refractivity contribution in [2.24, 2.45) is 5.92 Å². The van der Waals surface area contributed by atoms with Crippen molar-refractivity contribution in [2.45, 2.75) is 40.0 Å². The third kappa shape index (κ3) is 4.80. The molecule has 0 spiro atoms. The summed E-state index contributed by atoms with van der Waals surface area (Å²) in [4.78, 5) is 0. The molecule has 0 aliphatic carbocycles. The fourth-order valence-corrected chi connectivity index (χ4v) is 1.92. The van der Waals surface area contributed by atoms with Gasteiger partial charge in [0.2, 0.25) is 0 Å². The lowest BCUT2D eigenvalue weighted by molar-refractivity contribution is 0.481. The molecule has 1 heteroatoms. The molecule has 0 amide bonds. The lowest BCUT2D eigenvalue weighted by Crippen LogP contribution is -2.22. The molecule has 0 aliphatic rings. The Labute approximate surface area is 100 Å². The van der Waals surface area contributed by atoms with Crippen molar-refractivity contribution in [3.8, 4) is 0 Å². The zero-order valence-corrected chi connectivity index (χ0v) is 10.9. The van der Waals surface area contributed by atoms with Gasteiger partial charge in [-0.1, -0.05) is 38.1 Å². The molecule has 0 saturated heterocycles. The molecule has 1 aromatic rings. The van der Waals surface area contributed by atoms with E-state index < -0.39 is 0 Å². The van der Waals surface area contributed by atoms with Gasteiger partial charge in [-0.05, 0) is 56.3 Å². The zero-order chi connectivity index (χ0) is 11.8. The Morgan fingerprint density at radius 2 is 2.00 bits per heavy atom. The molecule has 1 unspecified atom stereocenters. The first-order valence-electron chi connectivity index (χ1n) is 6.49. The number of aryl methyl sites for hydroxylation is 2. The number of rotatable bonds is 7. The number of hydrogen-bond donors (Lipinski definition) is 1. The Morgan fingerprint density at radius 1 is 1.25 bits per heavy atom. The summed E-state index contributed by atoms with van der Waals surface area (Å²) in [6.45, 7) is 9.05. The molecule has 0 bridgehead atoms. The van der Waals surface area contributed by atoms with Gasteiger partial charge in [0.15, 0.2) is 0 Å². The van der Waals surface area contributed by atoms with Crippen LogP contribution in [0, 0.1) is 12.8 Å². The second kappa shape index (κ2) is 7.45. The molecule has 1 nitrogen and oxygen atoms in total. The van der Waals surface area contributed by atoms with E-state index in [1.165, 1.54) is 30.4 Å². The van der Waals surface area contributed by atoms with Crippen molar-refractivity contribution in [3.05, 3.63) is 35.4 Å². The average molecular weight is 219 g/mol. The third-order valence-corrected chi connectivity index (χ3v) is 3.09. The molecular weight excluding hydrogens is 194 g/mol. The zero-order valence-electron chi connectivity index (χ0n) is 10.9. The van der Waals surface area contributed by atoms with Crippen molar-refractivity contribution < 1.29 is 0 Å². The van der Waals surface area contributed by atoms with Crippen molar-refractivity contribution in [1.82, 2.24) is 5.32 Å². The van der Waals surface area contributed by atoms with Crippen LogP contribution in [0.15, 0.2) is 24.3 Å². The Morgan fingerprint density at radius 3 is 2.69 bits per heavy atom. The highest BCUT2D eigenvalue weighted by Gasteiger charge is 2.03. The number of benzene rings is 1. The van der Waals surface area contributed by atoms with Gasteiger partial charge in [-0.25, -0.2) is 0 Å². The number of hydrogen-bond acceptors (Lipinski definition) is 1. The van der Waals surface area contributed by atoms with Crippen molar-refractivity contribution in [3.63, 3.8) is 0 Å². The van der Waals surface area contributed by atoms with Crippen LogP contribution in [0.2, 0.25) is 0 Å². The Kier molecular flexibility index (Phi) is 6.17. The maximum atomic E-state index is 3.49. The summed E-state index contributed by atoms with van der Waals surface area (Å²) in [7, 11) is 0. The Hall–Kier alpha value is -0.820. The maximum Gasteiger partial charge on any atom is -0.00230 e. The summed E-state index contributed by atoms with van der Waals surface area (Å²) in [6.07, 6.45) is 3.72. The minimum Gasteiger partial charge on any atom is -0.316 e. The van der Waals surface area contributed by atoms with Crippen LogP contribution in [0.4, 0.5) is 0 Å². The van der Waals surface area contributed by atoms with E-state index in [2.05, 4.69) is 50.4 Å².